The van der Waals surface area contributed by atoms with Crippen LogP contribution in [0.2, 0.25) is 0 Å². The number of esters is 1. The minimum absolute atomic E-state index is 0.130. The number of hydrogen-bond donors (Lipinski definition) is 1. The fraction of sp³-hybridized carbons (Fsp3) is 0.963. The molecule has 9 heteroatoms. The lowest BCUT2D eigenvalue weighted by Crippen LogP contribution is -2.33. The summed E-state index contributed by atoms with van der Waals surface area (Å²) in [5.41, 5.74) is 0. The molecule has 0 aliphatic carbocycles. The van der Waals surface area contributed by atoms with Crippen LogP contribution >= 0.6 is 0 Å². The molecule has 0 aromatic rings. The third kappa shape index (κ3) is 23.6. The van der Waals surface area contributed by atoms with E-state index in [-0.39, 0.29) is 5.97 Å². The summed E-state index contributed by atoms with van der Waals surface area (Å²) in [7, 11) is 0. The molecule has 0 spiro atoms. The predicted molar refractivity (Wildman–Crippen MR) is 140 cm³/mol. The Labute approximate surface area is 219 Å². The van der Waals surface area contributed by atoms with Crippen LogP contribution < -0.4 is 5.32 Å². The fourth-order valence-corrected chi connectivity index (χ4v) is 3.73. The second kappa shape index (κ2) is 27.2. The van der Waals surface area contributed by atoms with Gasteiger partial charge < -0.3 is 38.5 Å². The average Bonchev–Trinajstić information content (AvgIpc) is 2.90. The molecular weight excluding hydrogens is 466 g/mol. The van der Waals surface area contributed by atoms with Crippen molar-refractivity contribution in [3.63, 3.8) is 0 Å². The Hall–Kier alpha value is -0.810. The zero-order chi connectivity index (χ0) is 25.8. The third-order valence-electron chi connectivity index (χ3n) is 5.83. The highest BCUT2D eigenvalue weighted by atomic mass is 16.6. The number of ether oxygens (including phenoxy) is 7. The summed E-state index contributed by atoms with van der Waals surface area (Å²) >= 11 is 0. The van der Waals surface area contributed by atoms with Gasteiger partial charge in [-0.2, -0.15) is 0 Å². The number of unbranched alkanes of at least 4 members (excludes halogenated alkanes) is 6. The van der Waals surface area contributed by atoms with Gasteiger partial charge in [-0.3, -0.25) is 4.79 Å². The standard InChI is InChI=1S/C27H53NO8/c1-2-3-4-5-6-7-8-9-27(29)36-25-23-34-21-19-32-17-15-30-14-16-31-18-20-33-22-24-35-26-10-12-28-13-11-26/h26,28H,2-25H2,1H3. The summed E-state index contributed by atoms with van der Waals surface area (Å²) in [6, 6.07) is 0. The van der Waals surface area contributed by atoms with Crippen LogP contribution in [-0.4, -0.2) is 104 Å². The normalized spacial score (nSPS) is 14.4. The van der Waals surface area contributed by atoms with Crippen LogP contribution in [0.3, 0.4) is 0 Å². The Kier molecular flexibility index (Phi) is 25.1. The number of piperidine rings is 1. The highest BCUT2D eigenvalue weighted by Crippen LogP contribution is 2.09. The second-order valence-corrected chi connectivity index (χ2v) is 8.97. The summed E-state index contributed by atoms with van der Waals surface area (Å²) in [4.78, 5) is 11.7. The first-order valence-corrected chi connectivity index (χ1v) is 14.2. The van der Waals surface area contributed by atoms with Crippen molar-refractivity contribution in [2.45, 2.75) is 77.2 Å². The van der Waals surface area contributed by atoms with Gasteiger partial charge in [-0.1, -0.05) is 45.4 Å². The summed E-state index contributed by atoms with van der Waals surface area (Å²) in [5, 5.41) is 3.32. The van der Waals surface area contributed by atoms with Gasteiger partial charge in [0.15, 0.2) is 0 Å². The summed E-state index contributed by atoms with van der Waals surface area (Å²) in [5.74, 6) is -0.130. The molecule has 0 amide bonds. The maximum atomic E-state index is 11.7. The van der Waals surface area contributed by atoms with E-state index in [1.54, 1.807) is 0 Å². The topological polar surface area (TPSA) is 93.7 Å². The molecule has 1 aliphatic heterocycles. The smallest absolute Gasteiger partial charge is 0.305 e. The third-order valence-corrected chi connectivity index (χ3v) is 5.83. The van der Waals surface area contributed by atoms with Gasteiger partial charge in [-0.05, 0) is 32.4 Å². The highest BCUT2D eigenvalue weighted by molar-refractivity contribution is 5.69. The quantitative estimate of drug-likeness (QED) is 0.129. The predicted octanol–water partition coefficient (Wildman–Crippen LogP) is 3.52. The molecule has 9 nitrogen and oxygen atoms in total. The molecule has 0 aromatic heterocycles. The van der Waals surface area contributed by atoms with Crippen molar-refractivity contribution in [2.24, 2.45) is 0 Å². The molecule has 0 bridgehead atoms. The second-order valence-electron chi connectivity index (χ2n) is 8.97. The number of hydrogen-bond acceptors (Lipinski definition) is 9. The van der Waals surface area contributed by atoms with Crippen LogP contribution in [0.25, 0.3) is 0 Å². The monoisotopic (exact) mass is 519 g/mol. The zero-order valence-electron chi connectivity index (χ0n) is 22.8. The zero-order valence-corrected chi connectivity index (χ0v) is 22.8. The maximum absolute atomic E-state index is 11.7. The van der Waals surface area contributed by atoms with Crippen LogP contribution in [0.4, 0.5) is 0 Å². The van der Waals surface area contributed by atoms with Crippen molar-refractivity contribution >= 4 is 5.97 Å². The molecule has 0 unspecified atom stereocenters. The SMILES string of the molecule is CCCCCCCCCC(=O)OCCOCCOCCOCCOCCOCCOC1CCNCC1. The van der Waals surface area contributed by atoms with Gasteiger partial charge in [-0.25, -0.2) is 0 Å². The van der Waals surface area contributed by atoms with E-state index in [0.717, 1.165) is 38.8 Å². The first kappa shape index (κ1) is 33.2. The van der Waals surface area contributed by atoms with Gasteiger partial charge in [0.2, 0.25) is 0 Å². The van der Waals surface area contributed by atoms with E-state index in [0.29, 0.717) is 91.8 Å². The number of carbonyl (C=O) groups is 1. The van der Waals surface area contributed by atoms with E-state index < -0.39 is 0 Å². The molecule has 0 aromatic carbocycles. The number of nitrogens with one attached hydrogen (secondary N) is 1. The number of rotatable bonds is 27. The molecule has 1 N–H and O–H groups in total. The summed E-state index contributed by atoms with van der Waals surface area (Å²) in [6.07, 6.45) is 11.4. The Balaban J connectivity index is 1.66. The lowest BCUT2D eigenvalue weighted by molar-refractivity contribution is -0.145. The van der Waals surface area contributed by atoms with Gasteiger partial charge in [0.05, 0.1) is 78.8 Å². The molecule has 1 rings (SSSR count). The maximum Gasteiger partial charge on any atom is 0.305 e. The average molecular weight is 520 g/mol. The molecule has 0 atom stereocenters. The Morgan fingerprint density at radius 2 is 1.06 bits per heavy atom. The van der Waals surface area contributed by atoms with E-state index in [9.17, 15) is 4.79 Å². The van der Waals surface area contributed by atoms with Gasteiger partial charge in [-0.15, -0.1) is 0 Å². The lowest BCUT2D eigenvalue weighted by atomic mass is 10.1. The molecule has 1 aliphatic rings. The first-order chi connectivity index (χ1) is 17.8. The van der Waals surface area contributed by atoms with Crippen molar-refractivity contribution in [3.05, 3.63) is 0 Å². The van der Waals surface area contributed by atoms with Crippen LogP contribution in [0.15, 0.2) is 0 Å². The molecule has 214 valence electrons. The molecule has 0 radical (unpaired) electrons. The Bertz CT molecular complexity index is 463. The van der Waals surface area contributed by atoms with Crippen molar-refractivity contribution in [3.8, 4) is 0 Å². The van der Waals surface area contributed by atoms with Gasteiger partial charge in [0.25, 0.3) is 0 Å². The Morgan fingerprint density at radius 1 is 0.611 bits per heavy atom. The van der Waals surface area contributed by atoms with Crippen LogP contribution in [0, 0.1) is 0 Å². The van der Waals surface area contributed by atoms with E-state index in [1.807, 2.05) is 0 Å². The molecular formula is C27H53NO8. The highest BCUT2D eigenvalue weighted by Gasteiger charge is 2.12. The van der Waals surface area contributed by atoms with E-state index >= 15 is 0 Å². The molecule has 36 heavy (non-hydrogen) atoms. The van der Waals surface area contributed by atoms with E-state index in [4.69, 9.17) is 33.2 Å². The minimum atomic E-state index is -0.130. The van der Waals surface area contributed by atoms with Crippen LogP contribution in [0.5, 0.6) is 0 Å². The fourth-order valence-electron chi connectivity index (χ4n) is 3.73. The van der Waals surface area contributed by atoms with E-state index in [2.05, 4.69) is 12.2 Å². The molecule has 1 saturated heterocycles. The first-order valence-electron chi connectivity index (χ1n) is 14.2. The van der Waals surface area contributed by atoms with Crippen molar-refractivity contribution in [2.75, 3.05) is 92.4 Å². The van der Waals surface area contributed by atoms with Crippen molar-refractivity contribution < 1.29 is 38.0 Å². The van der Waals surface area contributed by atoms with E-state index in [1.165, 1.54) is 32.1 Å². The minimum Gasteiger partial charge on any atom is -0.463 e. The summed E-state index contributed by atoms with van der Waals surface area (Å²) < 4.78 is 38.3. The van der Waals surface area contributed by atoms with Gasteiger partial charge in [0.1, 0.15) is 6.61 Å². The van der Waals surface area contributed by atoms with Crippen molar-refractivity contribution in [1.82, 2.24) is 5.32 Å². The van der Waals surface area contributed by atoms with Crippen molar-refractivity contribution in [1.29, 1.82) is 0 Å². The molecule has 0 saturated carbocycles. The van der Waals surface area contributed by atoms with Crippen LogP contribution in [0.1, 0.15) is 71.1 Å². The lowest BCUT2D eigenvalue weighted by Gasteiger charge is -2.22. The van der Waals surface area contributed by atoms with Gasteiger partial charge in [0, 0.05) is 6.42 Å². The van der Waals surface area contributed by atoms with Crippen LogP contribution in [-0.2, 0) is 38.0 Å². The van der Waals surface area contributed by atoms with Gasteiger partial charge >= 0.3 is 5.97 Å². The molecule has 1 fully saturated rings. The largest absolute Gasteiger partial charge is 0.463 e. The Morgan fingerprint density at radius 3 is 1.58 bits per heavy atom. The summed E-state index contributed by atoms with van der Waals surface area (Å²) in [6.45, 7) is 10.4. The number of carbonyl (C=O) groups excluding carboxylic acids is 1. The molecule has 1 heterocycles.